The minimum Gasteiger partial charge on any atom is -0.227 e. The van der Waals surface area contributed by atoms with Crippen LogP contribution in [0.3, 0.4) is 0 Å². The zero-order valence-corrected chi connectivity index (χ0v) is 31.9. The van der Waals surface area contributed by atoms with E-state index in [-0.39, 0.29) is 10.8 Å². The van der Waals surface area contributed by atoms with Crippen LogP contribution in [0.1, 0.15) is 86.5 Å². The monoisotopic (exact) mass is 726 g/mol. The normalized spacial score (nSPS) is 17.4. The highest BCUT2D eigenvalue weighted by atomic mass is 32.1. The fourth-order valence-corrected chi connectivity index (χ4v) is 12.5. The third-order valence-electron chi connectivity index (χ3n) is 13.9. The van der Waals surface area contributed by atoms with Crippen LogP contribution in [0, 0.1) is 0 Å². The Bertz CT molecular complexity index is 2830. The lowest BCUT2D eigenvalue weighted by Crippen LogP contribution is -2.29. The molecule has 0 saturated heterocycles. The maximum Gasteiger partial charge on any atom is 0.161 e. The van der Waals surface area contributed by atoms with Crippen LogP contribution in [-0.2, 0) is 10.8 Å². The number of nitrogens with zero attached hydrogens (tertiary/aromatic N) is 2. The lowest BCUT2D eigenvalue weighted by Gasteiger charge is -2.37. The summed E-state index contributed by atoms with van der Waals surface area (Å²) in [7, 11) is 0. The first-order valence-corrected chi connectivity index (χ1v) is 21.3. The lowest BCUT2D eigenvalue weighted by atomic mass is 9.66. The molecule has 2 spiro atoms. The predicted octanol–water partition coefficient (Wildman–Crippen LogP) is 14.3. The van der Waals surface area contributed by atoms with E-state index >= 15 is 0 Å². The standard InChI is InChI=1S/C52H42N2S/c1-4-15-33(16-5-1)48-47-39-20-7-9-22-46(39)55-50(47)54-49(53-48)36-18-14-17-34(29-36)35-23-24-38-41-32-44-40(31-45(41)52(43(38)30-35)27-12-3-13-28-52)37-19-6-8-21-42(37)51(44)25-10-2-11-26-51/h1,4-9,14-24,29-32H,2-3,10-13,25-28H2. The van der Waals surface area contributed by atoms with Crippen molar-refractivity contribution in [3.63, 3.8) is 0 Å². The number of hydrogen-bond donors (Lipinski definition) is 0. The fraction of sp³-hybridized carbons (Fsp3) is 0.231. The molecule has 2 aromatic heterocycles. The van der Waals surface area contributed by atoms with Gasteiger partial charge in [-0.1, -0.05) is 142 Å². The SMILES string of the molecule is c1ccc(-c2nc(-c3cccc(-c4ccc5c(c4)C4(CCCCC4)c4cc6c(cc4-5)C4(CCCCC4)c4ccccc4-6)c3)nc3sc4ccccc4c23)cc1. The van der Waals surface area contributed by atoms with Crippen LogP contribution in [0.25, 0.3) is 76.3 Å². The number of aromatic nitrogens is 2. The van der Waals surface area contributed by atoms with Crippen LogP contribution in [0.4, 0.5) is 0 Å². The van der Waals surface area contributed by atoms with Gasteiger partial charge in [-0.25, -0.2) is 9.97 Å². The van der Waals surface area contributed by atoms with Crippen LogP contribution < -0.4 is 0 Å². The molecule has 2 fully saturated rings. The van der Waals surface area contributed by atoms with Crippen LogP contribution in [0.5, 0.6) is 0 Å². The minimum atomic E-state index is 0.0722. The van der Waals surface area contributed by atoms with Crippen molar-refractivity contribution in [2.75, 3.05) is 0 Å². The molecule has 0 amide bonds. The van der Waals surface area contributed by atoms with E-state index in [1.165, 1.54) is 108 Å². The molecule has 0 unspecified atom stereocenters. The molecular formula is C52H42N2S. The number of rotatable bonds is 3. The van der Waals surface area contributed by atoms with E-state index in [0.717, 1.165) is 32.9 Å². The zero-order valence-electron chi connectivity index (χ0n) is 31.1. The van der Waals surface area contributed by atoms with Gasteiger partial charge in [-0.3, -0.25) is 0 Å². The van der Waals surface area contributed by atoms with E-state index in [4.69, 9.17) is 9.97 Å². The molecule has 4 aliphatic rings. The highest BCUT2D eigenvalue weighted by Gasteiger charge is 2.49. The van der Waals surface area contributed by atoms with Gasteiger partial charge in [-0.2, -0.15) is 0 Å². The van der Waals surface area contributed by atoms with E-state index in [1.54, 1.807) is 33.6 Å². The summed E-state index contributed by atoms with van der Waals surface area (Å²) in [6.07, 6.45) is 12.9. The number of benzene rings is 6. The summed E-state index contributed by atoms with van der Waals surface area (Å²) in [5.74, 6) is 0.781. The quantitative estimate of drug-likeness (QED) is 0.181. The number of thiophene rings is 1. The zero-order chi connectivity index (χ0) is 36.1. The second kappa shape index (κ2) is 12.1. The molecule has 2 nitrogen and oxygen atoms in total. The Balaban J connectivity index is 0.998. The third-order valence-corrected chi connectivity index (χ3v) is 15.0. The maximum atomic E-state index is 5.33. The molecule has 8 aromatic rings. The van der Waals surface area contributed by atoms with Crippen molar-refractivity contribution < 1.29 is 0 Å². The molecule has 0 N–H and O–H groups in total. The Kier molecular flexibility index (Phi) is 7.00. The number of hydrogen-bond acceptors (Lipinski definition) is 3. The molecule has 4 aliphatic carbocycles. The van der Waals surface area contributed by atoms with E-state index in [1.807, 2.05) is 0 Å². The molecule has 266 valence electrons. The predicted molar refractivity (Wildman–Crippen MR) is 230 cm³/mol. The molecule has 55 heavy (non-hydrogen) atoms. The number of fused-ring (bicyclic) bond motifs is 13. The van der Waals surface area contributed by atoms with Gasteiger partial charge in [-0.15, -0.1) is 11.3 Å². The molecule has 3 heteroatoms. The second-order valence-corrected chi connectivity index (χ2v) is 17.7. The molecule has 2 saturated carbocycles. The molecule has 0 bridgehead atoms. The van der Waals surface area contributed by atoms with Crippen LogP contribution in [0.15, 0.2) is 133 Å². The van der Waals surface area contributed by atoms with Crippen molar-refractivity contribution in [2.45, 2.75) is 75.0 Å². The summed E-state index contributed by atoms with van der Waals surface area (Å²) in [6, 6.07) is 50.4. The largest absolute Gasteiger partial charge is 0.227 e. The lowest BCUT2D eigenvalue weighted by molar-refractivity contribution is 0.350. The van der Waals surface area contributed by atoms with Gasteiger partial charge in [-0.05, 0) is 112 Å². The first-order chi connectivity index (χ1) is 27.2. The average Bonchev–Trinajstić information content (AvgIpc) is 3.85. The summed E-state index contributed by atoms with van der Waals surface area (Å²) in [6.45, 7) is 0. The van der Waals surface area contributed by atoms with Gasteiger partial charge in [0.25, 0.3) is 0 Å². The second-order valence-electron chi connectivity index (χ2n) is 16.7. The van der Waals surface area contributed by atoms with E-state index < -0.39 is 0 Å². The van der Waals surface area contributed by atoms with E-state index in [2.05, 4.69) is 133 Å². The van der Waals surface area contributed by atoms with Crippen molar-refractivity contribution in [2.24, 2.45) is 0 Å². The summed E-state index contributed by atoms with van der Waals surface area (Å²) >= 11 is 1.76. The topological polar surface area (TPSA) is 25.8 Å². The van der Waals surface area contributed by atoms with Gasteiger partial charge in [0.2, 0.25) is 0 Å². The Morgan fingerprint density at radius 1 is 0.418 bits per heavy atom. The van der Waals surface area contributed by atoms with Crippen molar-refractivity contribution in [3.05, 3.63) is 156 Å². The maximum absolute atomic E-state index is 5.33. The van der Waals surface area contributed by atoms with Gasteiger partial charge in [0, 0.05) is 37.4 Å². The molecule has 0 aliphatic heterocycles. The first kappa shape index (κ1) is 31.9. The van der Waals surface area contributed by atoms with Crippen molar-refractivity contribution in [1.82, 2.24) is 9.97 Å². The Morgan fingerprint density at radius 2 is 1.02 bits per heavy atom. The highest BCUT2D eigenvalue weighted by molar-refractivity contribution is 7.25. The molecule has 12 rings (SSSR count). The van der Waals surface area contributed by atoms with Crippen LogP contribution >= 0.6 is 11.3 Å². The van der Waals surface area contributed by atoms with Gasteiger partial charge in [0.05, 0.1) is 5.69 Å². The van der Waals surface area contributed by atoms with E-state index in [9.17, 15) is 0 Å². The Hall–Kier alpha value is -5.38. The summed E-state index contributed by atoms with van der Waals surface area (Å²) in [4.78, 5) is 11.6. The van der Waals surface area contributed by atoms with Gasteiger partial charge in [0.1, 0.15) is 4.83 Å². The van der Waals surface area contributed by atoms with Crippen LogP contribution in [0.2, 0.25) is 0 Å². The van der Waals surface area contributed by atoms with Crippen molar-refractivity contribution >= 4 is 31.6 Å². The Morgan fingerprint density at radius 3 is 1.80 bits per heavy atom. The fourth-order valence-electron chi connectivity index (χ4n) is 11.4. The Labute approximate surface area is 327 Å². The van der Waals surface area contributed by atoms with Gasteiger partial charge < -0.3 is 0 Å². The summed E-state index contributed by atoms with van der Waals surface area (Å²) < 4.78 is 1.24. The molecule has 6 aromatic carbocycles. The minimum absolute atomic E-state index is 0.0722. The summed E-state index contributed by atoms with van der Waals surface area (Å²) in [5.41, 5.74) is 18.2. The molecule has 0 radical (unpaired) electrons. The first-order valence-electron chi connectivity index (χ1n) is 20.5. The summed E-state index contributed by atoms with van der Waals surface area (Å²) in [5, 5.41) is 2.37. The van der Waals surface area contributed by atoms with Crippen LogP contribution in [-0.4, -0.2) is 9.97 Å². The van der Waals surface area contributed by atoms with E-state index in [0.29, 0.717) is 0 Å². The third kappa shape index (κ3) is 4.60. The van der Waals surface area contributed by atoms with Crippen molar-refractivity contribution in [3.8, 4) is 56.0 Å². The highest BCUT2D eigenvalue weighted by Crippen LogP contribution is 2.62. The van der Waals surface area contributed by atoms with Gasteiger partial charge >= 0.3 is 0 Å². The molecule has 2 heterocycles. The van der Waals surface area contributed by atoms with Gasteiger partial charge in [0.15, 0.2) is 5.82 Å². The molecular weight excluding hydrogens is 685 g/mol. The molecule has 0 atom stereocenters. The average molecular weight is 727 g/mol. The van der Waals surface area contributed by atoms with Crippen molar-refractivity contribution in [1.29, 1.82) is 0 Å². The smallest absolute Gasteiger partial charge is 0.161 e.